The molecule has 0 aromatic heterocycles. The lowest BCUT2D eigenvalue weighted by Gasteiger charge is -2.17. The zero-order chi connectivity index (χ0) is 12.8. The van der Waals surface area contributed by atoms with Crippen molar-refractivity contribution in [3.63, 3.8) is 0 Å². The van der Waals surface area contributed by atoms with E-state index in [1.165, 1.54) is 0 Å². The van der Waals surface area contributed by atoms with Gasteiger partial charge in [0.1, 0.15) is 11.5 Å². The molecule has 0 amide bonds. The van der Waals surface area contributed by atoms with Gasteiger partial charge in [0.05, 0.1) is 18.7 Å². The van der Waals surface area contributed by atoms with Crippen molar-refractivity contribution in [1.29, 1.82) is 0 Å². The third-order valence-corrected chi connectivity index (χ3v) is 3.39. The molecule has 0 fully saturated rings. The molecule has 1 aromatic carbocycles. The van der Waals surface area contributed by atoms with Crippen LogP contribution < -0.4 is 15.2 Å². The molecule has 0 bridgehead atoms. The van der Waals surface area contributed by atoms with Crippen LogP contribution in [-0.2, 0) is 0 Å². The topological polar surface area (TPSA) is 44.5 Å². The summed E-state index contributed by atoms with van der Waals surface area (Å²) >= 11 is 3.44. The summed E-state index contributed by atoms with van der Waals surface area (Å²) in [6.07, 6.45) is 3.21. The van der Waals surface area contributed by atoms with E-state index in [1.807, 2.05) is 12.1 Å². The maximum Gasteiger partial charge on any atom is 0.133 e. The smallest absolute Gasteiger partial charge is 0.133 e. The van der Waals surface area contributed by atoms with Crippen molar-refractivity contribution < 1.29 is 9.47 Å². The molecule has 0 aliphatic carbocycles. The Bertz CT molecular complexity index is 374. The Hall–Kier alpha value is -0.450. The van der Waals surface area contributed by atoms with Crippen LogP contribution in [0.25, 0.3) is 0 Å². The highest BCUT2D eigenvalue weighted by molar-refractivity contribution is 9.10. The van der Waals surface area contributed by atoms with Gasteiger partial charge in [-0.3, -0.25) is 0 Å². The number of benzene rings is 1. The molecule has 1 atom stereocenters. The lowest BCUT2D eigenvalue weighted by Crippen LogP contribution is -2.11. The summed E-state index contributed by atoms with van der Waals surface area (Å²) in [4.78, 5) is 0. The van der Waals surface area contributed by atoms with Crippen LogP contribution in [0.2, 0.25) is 0 Å². The first-order valence-electron chi connectivity index (χ1n) is 5.81. The van der Waals surface area contributed by atoms with Crippen LogP contribution in [0.5, 0.6) is 11.5 Å². The van der Waals surface area contributed by atoms with E-state index in [-0.39, 0.29) is 18.4 Å². The van der Waals surface area contributed by atoms with E-state index < -0.39 is 0 Å². The Labute approximate surface area is 124 Å². The molecular formula is C13H21BrClNO2. The fraction of sp³-hybridized carbons (Fsp3) is 0.538. The predicted molar refractivity (Wildman–Crippen MR) is 80.9 cm³/mol. The second-order valence-electron chi connectivity index (χ2n) is 3.98. The fourth-order valence-electron chi connectivity index (χ4n) is 1.75. The summed E-state index contributed by atoms with van der Waals surface area (Å²) in [6, 6.07) is 3.84. The van der Waals surface area contributed by atoms with E-state index >= 15 is 0 Å². The van der Waals surface area contributed by atoms with E-state index in [4.69, 9.17) is 15.2 Å². The Kier molecular flexibility index (Phi) is 8.40. The van der Waals surface area contributed by atoms with Gasteiger partial charge < -0.3 is 15.2 Å². The number of hydrogen-bond acceptors (Lipinski definition) is 3. The molecule has 0 saturated carbocycles. The van der Waals surface area contributed by atoms with Crippen LogP contribution >= 0.6 is 28.3 Å². The van der Waals surface area contributed by atoms with E-state index in [2.05, 4.69) is 22.9 Å². The molecule has 0 aliphatic heterocycles. The summed E-state index contributed by atoms with van der Waals surface area (Å²) in [5, 5.41) is 0. The quantitative estimate of drug-likeness (QED) is 0.850. The van der Waals surface area contributed by atoms with Gasteiger partial charge in [-0.15, -0.1) is 12.4 Å². The fourth-order valence-corrected chi connectivity index (χ4v) is 2.24. The maximum absolute atomic E-state index is 6.18. The predicted octanol–water partition coefficient (Wildman–Crippen LogP) is 4.08. The number of hydrogen-bond donors (Lipinski definition) is 1. The van der Waals surface area contributed by atoms with Crippen LogP contribution in [0.15, 0.2) is 16.6 Å². The first-order chi connectivity index (χ1) is 8.13. The molecule has 1 aromatic rings. The van der Waals surface area contributed by atoms with E-state index in [9.17, 15) is 0 Å². The average Bonchev–Trinajstić information content (AvgIpc) is 2.35. The van der Waals surface area contributed by atoms with Gasteiger partial charge in [-0.1, -0.05) is 19.8 Å². The summed E-state index contributed by atoms with van der Waals surface area (Å²) in [6.45, 7) is 2.16. The van der Waals surface area contributed by atoms with Crippen molar-refractivity contribution in [2.24, 2.45) is 5.73 Å². The molecule has 18 heavy (non-hydrogen) atoms. The van der Waals surface area contributed by atoms with Gasteiger partial charge in [0.2, 0.25) is 0 Å². The third kappa shape index (κ3) is 4.34. The summed E-state index contributed by atoms with van der Waals surface area (Å²) in [7, 11) is 3.30. The van der Waals surface area contributed by atoms with Gasteiger partial charge in [0.15, 0.2) is 0 Å². The lowest BCUT2D eigenvalue weighted by atomic mass is 10.0. The normalized spacial score (nSPS) is 11.6. The molecule has 2 N–H and O–H groups in total. The third-order valence-electron chi connectivity index (χ3n) is 2.77. The van der Waals surface area contributed by atoms with Crippen LogP contribution in [-0.4, -0.2) is 14.2 Å². The zero-order valence-corrected chi connectivity index (χ0v) is 13.4. The minimum Gasteiger partial charge on any atom is -0.496 e. The van der Waals surface area contributed by atoms with Crippen molar-refractivity contribution >= 4 is 28.3 Å². The SMILES string of the molecule is CCCC[C@H](N)c1cc(OC)c(Br)cc1OC.Cl. The number of ether oxygens (including phenoxy) is 2. The van der Waals surface area contributed by atoms with Crippen LogP contribution in [0.3, 0.4) is 0 Å². The molecule has 0 unspecified atom stereocenters. The highest BCUT2D eigenvalue weighted by Crippen LogP contribution is 2.36. The minimum absolute atomic E-state index is 0. The highest BCUT2D eigenvalue weighted by Gasteiger charge is 2.15. The van der Waals surface area contributed by atoms with Crippen molar-refractivity contribution in [1.82, 2.24) is 0 Å². The second kappa shape index (κ2) is 8.62. The van der Waals surface area contributed by atoms with Gasteiger partial charge in [0, 0.05) is 11.6 Å². The molecule has 0 heterocycles. The molecule has 0 aliphatic rings. The Morgan fingerprint density at radius 1 is 1.22 bits per heavy atom. The zero-order valence-electron chi connectivity index (χ0n) is 11.0. The highest BCUT2D eigenvalue weighted by atomic mass is 79.9. The minimum atomic E-state index is -0.00750. The average molecular weight is 339 g/mol. The van der Waals surface area contributed by atoms with Gasteiger partial charge in [0.25, 0.3) is 0 Å². The van der Waals surface area contributed by atoms with Gasteiger partial charge in [-0.25, -0.2) is 0 Å². The van der Waals surface area contributed by atoms with Gasteiger partial charge in [-0.2, -0.15) is 0 Å². The van der Waals surface area contributed by atoms with Crippen LogP contribution in [0.1, 0.15) is 37.8 Å². The molecule has 3 nitrogen and oxygen atoms in total. The van der Waals surface area contributed by atoms with Crippen LogP contribution in [0, 0.1) is 0 Å². The van der Waals surface area contributed by atoms with Crippen molar-refractivity contribution in [2.45, 2.75) is 32.2 Å². The van der Waals surface area contributed by atoms with Crippen molar-refractivity contribution in [2.75, 3.05) is 14.2 Å². The molecule has 1 rings (SSSR count). The first kappa shape index (κ1) is 17.6. The first-order valence-corrected chi connectivity index (χ1v) is 6.60. The van der Waals surface area contributed by atoms with Crippen LogP contribution in [0.4, 0.5) is 0 Å². The van der Waals surface area contributed by atoms with E-state index in [0.717, 1.165) is 40.8 Å². The maximum atomic E-state index is 6.18. The largest absolute Gasteiger partial charge is 0.496 e. The Balaban J connectivity index is 0.00000289. The van der Waals surface area contributed by atoms with Crippen molar-refractivity contribution in [3.8, 4) is 11.5 Å². The lowest BCUT2D eigenvalue weighted by molar-refractivity contribution is 0.391. The standard InChI is InChI=1S/C13H20BrNO2.ClH/c1-4-5-6-11(15)9-7-13(17-3)10(14)8-12(9)16-2;/h7-8,11H,4-6,15H2,1-3H3;1H/t11-;/m0./s1. The summed E-state index contributed by atoms with van der Waals surface area (Å²) < 4.78 is 11.5. The summed E-state index contributed by atoms with van der Waals surface area (Å²) in [5.41, 5.74) is 7.18. The number of unbranched alkanes of at least 4 members (excludes halogenated alkanes) is 1. The summed E-state index contributed by atoms with van der Waals surface area (Å²) in [5.74, 6) is 1.59. The number of halogens is 2. The van der Waals surface area contributed by atoms with Gasteiger partial charge >= 0.3 is 0 Å². The monoisotopic (exact) mass is 337 g/mol. The van der Waals surface area contributed by atoms with Crippen molar-refractivity contribution in [3.05, 3.63) is 22.2 Å². The Morgan fingerprint density at radius 2 is 1.83 bits per heavy atom. The van der Waals surface area contributed by atoms with Gasteiger partial charge in [-0.05, 0) is 34.5 Å². The number of rotatable bonds is 6. The molecule has 0 radical (unpaired) electrons. The molecule has 0 spiro atoms. The van der Waals surface area contributed by atoms with E-state index in [0.29, 0.717) is 0 Å². The molecule has 0 saturated heterocycles. The van der Waals surface area contributed by atoms with E-state index in [1.54, 1.807) is 14.2 Å². The number of nitrogens with two attached hydrogens (primary N) is 1. The second-order valence-corrected chi connectivity index (χ2v) is 4.83. The Morgan fingerprint density at radius 3 is 2.33 bits per heavy atom. The number of methoxy groups -OCH3 is 2. The molecular weight excluding hydrogens is 318 g/mol. The molecule has 104 valence electrons. The molecule has 5 heteroatoms.